The summed E-state index contributed by atoms with van der Waals surface area (Å²) in [6, 6.07) is 4.09. The van der Waals surface area contributed by atoms with Crippen LogP contribution in [0.25, 0.3) is 0 Å². The molecule has 0 saturated heterocycles. The van der Waals surface area contributed by atoms with Gasteiger partial charge in [-0.15, -0.1) is 0 Å². The minimum Gasteiger partial charge on any atom is -0.489 e. The van der Waals surface area contributed by atoms with Gasteiger partial charge >= 0.3 is 0 Å². The van der Waals surface area contributed by atoms with Crippen LogP contribution >= 0.6 is 0 Å². The van der Waals surface area contributed by atoms with Crippen LogP contribution in [-0.4, -0.2) is 17.8 Å². The molecule has 0 spiro atoms. The Balaban J connectivity index is 2.20. The van der Waals surface area contributed by atoms with Gasteiger partial charge in [0.2, 0.25) is 0 Å². The summed E-state index contributed by atoms with van der Waals surface area (Å²) >= 11 is 0. The quantitative estimate of drug-likeness (QED) is 0.890. The number of carbonyl (C=O) groups excluding carboxylic acids is 2. The molecule has 1 aliphatic rings. The molecular formula is C13H14FNO3. The van der Waals surface area contributed by atoms with Gasteiger partial charge < -0.3 is 10.5 Å². The van der Waals surface area contributed by atoms with Gasteiger partial charge in [-0.2, -0.15) is 0 Å². The number of ether oxygens (including phenoxy) is 1. The molecule has 0 aromatic heterocycles. The van der Waals surface area contributed by atoms with Gasteiger partial charge in [-0.3, -0.25) is 9.59 Å². The van der Waals surface area contributed by atoms with Gasteiger partial charge in [0.25, 0.3) is 5.91 Å². The zero-order chi connectivity index (χ0) is 13.1. The van der Waals surface area contributed by atoms with E-state index in [1.54, 1.807) is 0 Å². The van der Waals surface area contributed by atoms with Crippen LogP contribution in [0.4, 0.5) is 4.39 Å². The second-order valence-electron chi connectivity index (χ2n) is 4.35. The lowest BCUT2D eigenvalue weighted by atomic mass is 9.96. The molecule has 1 unspecified atom stereocenters. The Morgan fingerprint density at radius 1 is 1.44 bits per heavy atom. The Morgan fingerprint density at radius 2 is 2.22 bits per heavy atom. The highest BCUT2D eigenvalue weighted by atomic mass is 19.1. The van der Waals surface area contributed by atoms with Crippen molar-refractivity contribution in [2.24, 2.45) is 5.73 Å². The van der Waals surface area contributed by atoms with Crippen LogP contribution in [0.2, 0.25) is 0 Å². The molecule has 96 valence electrons. The van der Waals surface area contributed by atoms with Crippen LogP contribution in [0.15, 0.2) is 18.2 Å². The Hall–Kier alpha value is -1.91. The first-order valence-electron chi connectivity index (χ1n) is 5.84. The summed E-state index contributed by atoms with van der Waals surface area (Å²) in [5.41, 5.74) is 4.87. The van der Waals surface area contributed by atoms with Crippen LogP contribution in [0.1, 0.15) is 36.0 Å². The number of hydrogen-bond acceptors (Lipinski definition) is 3. The van der Waals surface area contributed by atoms with Gasteiger partial charge in [-0.1, -0.05) is 6.07 Å². The van der Waals surface area contributed by atoms with Crippen LogP contribution in [0.5, 0.6) is 5.75 Å². The van der Waals surface area contributed by atoms with Crippen molar-refractivity contribution in [3.63, 3.8) is 0 Å². The molecule has 18 heavy (non-hydrogen) atoms. The Morgan fingerprint density at radius 3 is 2.89 bits per heavy atom. The molecular weight excluding hydrogens is 237 g/mol. The lowest BCUT2D eigenvalue weighted by molar-refractivity contribution is -0.122. The van der Waals surface area contributed by atoms with Gasteiger partial charge in [0.15, 0.2) is 0 Å². The summed E-state index contributed by atoms with van der Waals surface area (Å²) in [6.07, 6.45) is 2.04. The number of halogens is 1. The molecule has 1 aromatic carbocycles. The molecule has 2 rings (SSSR count). The number of Topliss-reactive ketones (excluding diaryl/α,β-unsaturated/α-hetero) is 1. The predicted octanol–water partition coefficient (Wildman–Crippen LogP) is 1.82. The smallest absolute Gasteiger partial charge is 0.255 e. The maximum Gasteiger partial charge on any atom is 0.255 e. The minimum atomic E-state index is -0.870. The highest BCUT2D eigenvalue weighted by Gasteiger charge is 2.23. The van der Waals surface area contributed by atoms with Crippen LogP contribution in [-0.2, 0) is 4.79 Å². The van der Waals surface area contributed by atoms with Gasteiger partial charge in [-0.25, -0.2) is 4.39 Å². The summed E-state index contributed by atoms with van der Waals surface area (Å²) in [5, 5.41) is 0. The number of amides is 1. The van der Waals surface area contributed by atoms with Crippen molar-refractivity contribution >= 4 is 11.7 Å². The number of nitrogens with two attached hydrogens (primary N) is 1. The van der Waals surface area contributed by atoms with E-state index >= 15 is 0 Å². The molecule has 1 amide bonds. The fraction of sp³-hybridized carbons (Fsp3) is 0.385. The first-order valence-corrected chi connectivity index (χ1v) is 5.84. The largest absolute Gasteiger partial charge is 0.489 e. The van der Waals surface area contributed by atoms with E-state index in [-0.39, 0.29) is 23.2 Å². The summed E-state index contributed by atoms with van der Waals surface area (Å²) in [5.74, 6) is -1.34. The first kappa shape index (κ1) is 12.5. The summed E-state index contributed by atoms with van der Waals surface area (Å²) in [7, 11) is 0. The third-order valence-corrected chi connectivity index (χ3v) is 2.95. The van der Waals surface area contributed by atoms with Crippen molar-refractivity contribution < 1.29 is 18.7 Å². The number of carbonyl (C=O) groups is 2. The monoisotopic (exact) mass is 251 g/mol. The molecule has 1 fully saturated rings. The SMILES string of the molecule is NC(=O)c1c(F)cccc1OC1CCCC(=O)C1. The Kier molecular flexibility index (Phi) is 3.60. The number of benzene rings is 1. The number of hydrogen-bond donors (Lipinski definition) is 1. The second-order valence-corrected chi connectivity index (χ2v) is 4.35. The molecule has 1 aromatic rings. The van der Waals surface area contributed by atoms with E-state index in [4.69, 9.17) is 10.5 Å². The van der Waals surface area contributed by atoms with E-state index in [1.807, 2.05) is 0 Å². The zero-order valence-electron chi connectivity index (χ0n) is 9.82. The van der Waals surface area contributed by atoms with Crippen molar-refractivity contribution in [3.05, 3.63) is 29.6 Å². The summed E-state index contributed by atoms with van der Waals surface area (Å²) in [6.45, 7) is 0. The minimum absolute atomic E-state index is 0.113. The first-order chi connectivity index (χ1) is 8.58. The maximum absolute atomic E-state index is 13.5. The Bertz CT molecular complexity index is 487. The lowest BCUT2D eigenvalue weighted by Gasteiger charge is -2.23. The van der Waals surface area contributed by atoms with Gasteiger partial charge in [0, 0.05) is 12.8 Å². The average molecular weight is 251 g/mol. The standard InChI is InChI=1S/C13H14FNO3/c14-10-5-2-6-11(12(10)13(15)17)18-9-4-1-3-8(16)7-9/h2,5-6,9H,1,3-4,7H2,(H2,15,17). The average Bonchev–Trinajstić information content (AvgIpc) is 2.28. The van der Waals surface area contributed by atoms with Crippen LogP contribution in [0.3, 0.4) is 0 Å². The predicted molar refractivity (Wildman–Crippen MR) is 62.8 cm³/mol. The van der Waals surface area contributed by atoms with Crippen LogP contribution in [0, 0.1) is 5.82 Å². The third-order valence-electron chi connectivity index (χ3n) is 2.95. The molecule has 1 saturated carbocycles. The van der Waals surface area contributed by atoms with E-state index in [1.165, 1.54) is 12.1 Å². The van der Waals surface area contributed by atoms with Crippen molar-refractivity contribution in [2.45, 2.75) is 31.8 Å². The molecule has 0 radical (unpaired) electrons. The fourth-order valence-electron chi connectivity index (χ4n) is 2.11. The fourth-order valence-corrected chi connectivity index (χ4v) is 2.11. The highest BCUT2D eigenvalue weighted by Crippen LogP contribution is 2.26. The third kappa shape index (κ3) is 2.67. The van der Waals surface area contributed by atoms with E-state index in [2.05, 4.69) is 0 Å². The molecule has 0 bridgehead atoms. The zero-order valence-corrected chi connectivity index (χ0v) is 9.82. The van der Waals surface area contributed by atoms with Crippen molar-refractivity contribution in [3.8, 4) is 5.75 Å². The highest BCUT2D eigenvalue weighted by molar-refractivity contribution is 5.95. The second kappa shape index (κ2) is 5.16. The molecule has 4 nitrogen and oxygen atoms in total. The Labute approximate surface area is 104 Å². The molecule has 0 heterocycles. The topological polar surface area (TPSA) is 69.4 Å². The number of primary amides is 1. The number of ketones is 1. The van der Waals surface area contributed by atoms with Gasteiger partial charge in [0.05, 0.1) is 0 Å². The molecule has 1 aliphatic carbocycles. The van der Waals surface area contributed by atoms with Crippen molar-refractivity contribution in [1.29, 1.82) is 0 Å². The molecule has 1 atom stereocenters. The van der Waals surface area contributed by atoms with Crippen LogP contribution < -0.4 is 10.5 Å². The van der Waals surface area contributed by atoms with Crippen molar-refractivity contribution in [2.75, 3.05) is 0 Å². The summed E-state index contributed by atoms with van der Waals surface area (Å²) < 4.78 is 19.0. The lowest BCUT2D eigenvalue weighted by Crippen LogP contribution is -2.26. The van der Waals surface area contributed by atoms with E-state index in [9.17, 15) is 14.0 Å². The normalized spacial score (nSPS) is 19.6. The molecule has 2 N–H and O–H groups in total. The maximum atomic E-state index is 13.5. The summed E-state index contributed by atoms with van der Waals surface area (Å²) in [4.78, 5) is 22.5. The van der Waals surface area contributed by atoms with E-state index < -0.39 is 11.7 Å². The van der Waals surface area contributed by atoms with E-state index in [0.717, 1.165) is 18.9 Å². The molecule has 5 heteroatoms. The van der Waals surface area contributed by atoms with Crippen molar-refractivity contribution in [1.82, 2.24) is 0 Å². The van der Waals surface area contributed by atoms with E-state index in [0.29, 0.717) is 12.8 Å². The number of rotatable bonds is 3. The molecule has 0 aliphatic heterocycles. The van der Waals surface area contributed by atoms with Gasteiger partial charge in [0.1, 0.15) is 29.0 Å². The van der Waals surface area contributed by atoms with Gasteiger partial charge in [-0.05, 0) is 25.0 Å².